The molecular formula is C20H21ClN4O3. The van der Waals surface area contributed by atoms with Gasteiger partial charge in [-0.3, -0.25) is 9.59 Å². The number of hydrogen-bond acceptors (Lipinski definition) is 4. The highest BCUT2D eigenvalue weighted by molar-refractivity contribution is 6.30. The SMILES string of the molecule is COc1cc(NC(=O)c2cn3cc(Cl)ccc3n2)ccc1NC(=O)CC(C)C. The number of aromatic nitrogens is 2. The molecule has 146 valence electrons. The van der Waals surface area contributed by atoms with Crippen LogP contribution >= 0.6 is 11.6 Å². The summed E-state index contributed by atoms with van der Waals surface area (Å²) in [6, 6.07) is 8.48. The first-order valence-corrected chi connectivity index (χ1v) is 9.17. The van der Waals surface area contributed by atoms with Crippen LogP contribution < -0.4 is 15.4 Å². The third-order valence-corrected chi connectivity index (χ3v) is 4.20. The largest absolute Gasteiger partial charge is 0.494 e. The van der Waals surface area contributed by atoms with Gasteiger partial charge >= 0.3 is 0 Å². The summed E-state index contributed by atoms with van der Waals surface area (Å²) in [4.78, 5) is 28.8. The monoisotopic (exact) mass is 400 g/mol. The van der Waals surface area contributed by atoms with Gasteiger partial charge in [0.2, 0.25) is 5.91 Å². The Kier molecular flexibility index (Phi) is 5.84. The number of methoxy groups -OCH3 is 1. The van der Waals surface area contributed by atoms with Crippen molar-refractivity contribution >= 4 is 40.4 Å². The van der Waals surface area contributed by atoms with Crippen LogP contribution in [0.4, 0.5) is 11.4 Å². The second-order valence-corrected chi connectivity index (χ2v) is 7.19. The van der Waals surface area contributed by atoms with Crippen molar-refractivity contribution in [3.05, 3.63) is 53.4 Å². The van der Waals surface area contributed by atoms with Crippen molar-refractivity contribution in [1.82, 2.24) is 9.38 Å². The van der Waals surface area contributed by atoms with E-state index in [4.69, 9.17) is 16.3 Å². The number of fused-ring (bicyclic) bond motifs is 1. The molecule has 0 spiro atoms. The summed E-state index contributed by atoms with van der Waals surface area (Å²) in [5.74, 6) is 0.258. The van der Waals surface area contributed by atoms with Gasteiger partial charge in [0.15, 0.2) is 0 Å². The molecule has 0 radical (unpaired) electrons. The summed E-state index contributed by atoms with van der Waals surface area (Å²) in [6.07, 6.45) is 3.70. The topological polar surface area (TPSA) is 84.7 Å². The van der Waals surface area contributed by atoms with Crippen LogP contribution in [0, 0.1) is 5.92 Å². The summed E-state index contributed by atoms with van der Waals surface area (Å²) in [7, 11) is 1.50. The van der Waals surface area contributed by atoms with Crippen molar-refractivity contribution in [3.8, 4) is 5.75 Å². The molecule has 0 unspecified atom stereocenters. The van der Waals surface area contributed by atoms with Gasteiger partial charge in [0.05, 0.1) is 17.8 Å². The quantitative estimate of drug-likeness (QED) is 0.648. The number of anilines is 2. The fourth-order valence-corrected chi connectivity index (χ4v) is 2.88. The van der Waals surface area contributed by atoms with Crippen molar-refractivity contribution in [2.75, 3.05) is 17.7 Å². The lowest BCUT2D eigenvalue weighted by Crippen LogP contribution is -2.15. The summed E-state index contributed by atoms with van der Waals surface area (Å²) in [5, 5.41) is 6.16. The third-order valence-electron chi connectivity index (χ3n) is 3.97. The Morgan fingerprint density at radius 3 is 2.68 bits per heavy atom. The summed E-state index contributed by atoms with van der Waals surface area (Å²) in [5.41, 5.74) is 1.96. The second-order valence-electron chi connectivity index (χ2n) is 6.75. The van der Waals surface area contributed by atoms with E-state index >= 15 is 0 Å². The van der Waals surface area contributed by atoms with Crippen LogP contribution in [0.5, 0.6) is 5.75 Å². The van der Waals surface area contributed by atoms with E-state index in [0.717, 1.165) is 0 Å². The number of carbonyl (C=O) groups excluding carboxylic acids is 2. The molecule has 0 saturated heterocycles. The van der Waals surface area contributed by atoms with Crippen LogP contribution in [0.3, 0.4) is 0 Å². The molecule has 2 N–H and O–H groups in total. The number of ether oxygens (including phenoxy) is 1. The Morgan fingerprint density at radius 2 is 1.96 bits per heavy atom. The van der Waals surface area contributed by atoms with E-state index in [0.29, 0.717) is 34.2 Å². The molecule has 0 bridgehead atoms. The first-order valence-electron chi connectivity index (χ1n) is 8.79. The van der Waals surface area contributed by atoms with E-state index in [1.54, 1.807) is 47.1 Å². The van der Waals surface area contributed by atoms with Gasteiger partial charge in [-0.2, -0.15) is 0 Å². The smallest absolute Gasteiger partial charge is 0.275 e. The maximum atomic E-state index is 12.5. The van der Waals surface area contributed by atoms with E-state index in [9.17, 15) is 9.59 Å². The van der Waals surface area contributed by atoms with E-state index < -0.39 is 0 Å². The van der Waals surface area contributed by atoms with Gasteiger partial charge < -0.3 is 19.8 Å². The number of amides is 2. The zero-order valence-corrected chi connectivity index (χ0v) is 16.6. The zero-order chi connectivity index (χ0) is 20.3. The number of hydrogen-bond donors (Lipinski definition) is 2. The molecule has 0 fully saturated rings. The molecule has 3 aromatic rings. The Morgan fingerprint density at radius 1 is 1.18 bits per heavy atom. The van der Waals surface area contributed by atoms with Crippen LogP contribution in [-0.4, -0.2) is 28.3 Å². The lowest BCUT2D eigenvalue weighted by atomic mass is 10.1. The molecule has 0 aliphatic rings. The van der Waals surface area contributed by atoms with E-state index in [1.807, 2.05) is 13.8 Å². The molecule has 2 amide bonds. The highest BCUT2D eigenvalue weighted by Gasteiger charge is 2.14. The molecule has 3 rings (SSSR count). The number of halogens is 1. The second kappa shape index (κ2) is 8.31. The minimum absolute atomic E-state index is 0.0894. The van der Waals surface area contributed by atoms with Crippen LogP contribution in [0.1, 0.15) is 30.8 Å². The van der Waals surface area contributed by atoms with Gasteiger partial charge in [-0.15, -0.1) is 0 Å². The number of pyridine rings is 1. The molecule has 2 aromatic heterocycles. The van der Waals surface area contributed by atoms with Crippen molar-refractivity contribution in [1.29, 1.82) is 0 Å². The van der Waals surface area contributed by atoms with Gasteiger partial charge in [-0.05, 0) is 30.2 Å². The van der Waals surface area contributed by atoms with E-state index in [-0.39, 0.29) is 23.4 Å². The Hall–Kier alpha value is -3.06. The number of imidazole rings is 1. The lowest BCUT2D eigenvalue weighted by molar-refractivity contribution is -0.116. The van der Waals surface area contributed by atoms with Gasteiger partial charge in [-0.25, -0.2) is 4.98 Å². The van der Waals surface area contributed by atoms with Crippen molar-refractivity contribution < 1.29 is 14.3 Å². The predicted octanol–water partition coefficient (Wildman–Crippen LogP) is 4.23. The molecule has 0 aliphatic heterocycles. The molecular weight excluding hydrogens is 380 g/mol. The van der Waals surface area contributed by atoms with Gasteiger partial charge in [0, 0.05) is 30.6 Å². The van der Waals surface area contributed by atoms with E-state index in [2.05, 4.69) is 15.6 Å². The van der Waals surface area contributed by atoms with Crippen LogP contribution in [0.15, 0.2) is 42.7 Å². The van der Waals surface area contributed by atoms with E-state index in [1.165, 1.54) is 7.11 Å². The normalized spacial score (nSPS) is 10.9. The fraction of sp³-hybridized carbons (Fsp3) is 0.250. The highest BCUT2D eigenvalue weighted by atomic mass is 35.5. The molecule has 1 aromatic carbocycles. The Labute approximate surface area is 167 Å². The molecule has 0 aliphatic carbocycles. The predicted molar refractivity (Wildman–Crippen MR) is 109 cm³/mol. The van der Waals surface area contributed by atoms with Gasteiger partial charge in [-0.1, -0.05) is 25.4 Å². The minimum Gasteiger partial charge on any atom is -0.494 e. The average Bonchev–Trinajstić information content (AvgIpc) is 3.05. The van der Waals surface area contributed by atoms with Crippen molar-refractivity contribution in [2.24, 2.45) is 5.92 Å². The minimum atomic E-state index is -0.363. The molecule has 2 heterocycles. The summed E-state index contributed by atoms with van der Waals surface area (Å²) >= 11 is 5.96. The van der Waals surface area contributed by atoms with Crippen LogP contribution in [0.2, 0.25) is 5.02 Å². The Bertz CT molecular complexity index is 1030. The Balaban J connectivity index is 1.75. The fourth-order valence-electron chi connectivity index (χ4n) is 2.71. The van der Waals surface area contributed by atoms with Gasteiger partial charge in [0.1, 0.15) is 17.1 Å². The highest BCUT2D eigenvalue weighted by Crippen LogP contribution is 2.28. The molecule has 0 atom stereocenters. The number of carbonyl (C=O) groups is 2. The molecule has 0 saturated carbocycles. The number of nitrogens with one attached hydrogen (secondary N) is 2. The molecule has 8 heteroatoms. The molecule has 7 nitrogen and oxygen atoms in total. The third kappa shape index (κ3) is 4.61. The first-order chi connectivity index (χ1) is 13.4. The zero-order valence-electron chi connectivity index (χ0n) is 15.8. The lowest BCUT2D eigenvalue weighted by Gasteiger charge is -2.13. The number of rotatable bonds is 6. The average molecular weight is 401 g/mol. The number of benzene rings is 1. The van der Waals surface area contributed by atoms with Crippen LogP contribution in [-0.2, 0) is 4.79 Å². The standard InChI is InChI=1S/C20H21ClN4O3/c1-12(2)8-19(26)24-15-6-5-14(9-17(15)28-3)22-20(27)16-11-25-10-13(21)4-7-18(25)23-16/h4-7,9-12H,8H2,1-3H3,(H,22,27)(H,24,26). The number of nitrogens with zero attached hydrogens (tertiary/aromatic N) is 2. The summed E-state index contributed by atoms with van der Waals surface area (Å²) in [6.45, 7) is 3.95. The van der Waals surface area contributed by atoms with Crippen molar-refractivity contribution in [2.45, 2.75) is 20.3 Å². The summed E-state index contributed by atoms with van der Waals surface area (Å²) < 4.78 is 7.03. The van der Waals surface area contributed by atoms with Crippen LogP contribution in [0.25, 0.3) is 5.65 Å². The van der Waals surface area contributed by atoms with Gasteiger partial charge in [0.25, 0.3) is 5.91 Å². The molecule has 28 heavy (non-hydrogen) atoms. The maximum absolute atomic E-state index is 12.5. The first kappa shape index (κ1) is 19.7. The maximum Gasteiger partial charge on any atom is 0.275 e. The van der Waals surface area contributed by atoms with Crippen molar-refractivity contribution in [3.63, 3.8) is 0 Å².